The van der Waals surface area contributed by atoms with Crippen molar-refractivity contribution in [3.63, 3.8) is 0 Å². The molecule has 0 bridgehead atoms. The van der Waals surface area contributed by atoms with Crippen molar-refractivity contribution >= 4 is 22.8 Å². The third kappa shape index (κ3) is 2.75. The molecule has 90 valence electrons. The number of anilines is 1. The second-order valence-electron chi connectivity index (χ2n) is 3.47. The van der Waals surface area contributed by atoms with Crippen molar-refractivity contribution in [2.75, 3.05) is 18.5 Å². The van der Waals surface area contributed by atoms with Gasteiger partial charge in [-0.1, -0.05) is 0 Å². The van der Waals surface area contributed by atoms with Gasteiger partial charge >= 0.3 is 5.97 Å². The molecule has 0 unspecified atom stereocenters. The monoisotopic (exact) mass is 234 g/mol. The number of hydrogen-bond donors (Lipinski definition) is 1. The molecule has 0 radical (unpaired) electrons. The fraction of sp³-hybridized carbons (Fsp3) is 0.333. The van der Waals surface area contributed by atoms with Gasteiger partial charge in [-0.3, -0.25) is 4.79 Å². The van der Waals surface area contributed by atoms with Crippen molar-refractivity contribution in [3.05, 3.63) is 24.6 Å². The van der Waals surface area contributed by atoms with E-state index in [4.69, 9.17) is 9.15 Å². The van der Waals surface area contributed by atoms with Crippen LogP contribution in [0.4, 0.5) is 5.82 Å². The van der Waals surface area contributed by atoms with Crippen molar-refractivity contribution < 1.29 is 13.9 Å². The molecule has 0 saturated carbocycles. The average Bonchev–Trinajstić information content (AvgIpc) is 2.78. The van der Waals surface area contributed by atoms with Crippen LogP contribution in [0.5, 0.6) is 0 Å². The van der Waals surface area contributed by atoms with Gasteiger partial charge in [0.15, 0.2) is 0 Å². The molecule has 0 aliphatic carbocycles. The van der Waals surface area contributed by atoms with Crippen molar-refractivity contribution in [1.82, 2.24) is 4.98 Å². The first kappa shape index (κ1) is 11.4. The number of pyridine rings is 1. The number of carbonyl (C=O) groups is 1. The Morgan fingerprint density at radius 1 is 1.53 bits per heavy atom. The van der Waals surface area contributed by atoms with E-state index in [1.165, 1.54) is 0 Å². The Labute approximate surface area is 98.8 Å². The lowest BCUT2D eigenvalue weighted by Crippen LogP contribution is -2.11. The van der Waals surface area contributed by atoms with Crippen molar-refractivity contribution in [2.45, 2.75) is 13.3 Å². The average molecular weight is 234 g/mol. The van der Waals surface area contributed by atoms with Gasteiger partial charge in [0.25, 0.3) is 0 Å². The number of nitrogens with one attached hydrogen (secondary N) is 1. The van der Waals surface area contributed by atoms with Gasteiger partial charge in [0.1, 0.15) is 11.4 Å². The first-order valence-electron chi connectivity index (χ1n) is 5.53. The number of esters is 1. The molecule has 2 heterocycles. The van der Waals surface area contributed by atoms with Crippen LogP contribution < -0.4 is 5.32 Å². The largest absolute Gasteiger partial charge is 0.466 e. The Bertz CT molecular complexity index is 507. The summed E-state index contributed by atoms with van der Waals surface area (Å²) in [7, 11) is 0. The van der Waals surface area contributed by atoms with Gasteiger partial charge in [-0.2, -0.15) is 0 Å². The SMILES string of the molecule is CCOC(=O)CCNc1nccc2occc12. The van der Waals surface area contributed by atoms with Crippen LogP contribution in [-0.2, 0) is 9.53 Å². The number of hydrogen-bond acceptors (Lipinski definition) is 5. The minimum Gasteiger partial charge on any atom is -0.466 e. The van der Waals surface area contributed by atoms with E-state index in [-0.39, 0.29) is 5.97 Å². The standard InChI is InChI=1S/C12H14N2O3/c1-2-16-11(15)4-7-14-12-9-5-8-17-10(9)3-6-13-12/h3,5-6,8H,2,4,7H2,1H3,(H,13,14). The molecule has 1 N–H and O–H groups in total. The second kappa shape index (κ2) is 5.34. The highest BCUT2D eigenvalue weighted by Crippen LogP contribution is 2.21. The van der Waals surface area contributed by atoms with Gasteiger partial charge < -0.3 is 14.5 Å². The molecule has 0 amide bonds. The zero-order chi connectivity index (χ0) is 12.1. The van der Waals surface area contributed by atoms with Crippen molar-refractivity contribution in [1.29, 1.82) is 0 Å². The van der Waals surface area contributed by atoms with E-state index in [1.807, 2.05) is 6.07 Å². The smallest absolute Gasteiger partial charge is 0.307 e. The molecule has 0 aromatic carbocycles. The van der Waals surface area contributed by atoms with Crippen LogP contribution in [0.25, 0.3) is 11.0 Å². The molecular weight excluding hydrogens is 220 g/mol. The van der Waals surface area contributed by atoms with Crippen LogP contribution in [0.2, 0.25) is 0 Å². The third-order valence-electron chi connectivity index (χ3n) is 2.31. The van der Waals surface area contributed by atoms with Gasteiger partial charge in [0.05, 0.1) is 24.7 Å². The molecule has 17 heavy (non-hydrogen) atoms. The van der Waals surface area contributed by atoms with E-state index in [0.29, 0.717) is 19.6 Å². The van der Waals surface area contributed by atoms with Gasteiger partial charge in [-0.05, 0) is 19.1 Å². The Balaban J connectivity index is 1.95. The van der Waals surface area contributed by atoms with E-state index < -0.39 is 0 Å². The van der Waals surface area contributed by atoms with Crippen LogP contribution in [-0.4, -0.2) is 24.1 Å². The first-order valence-corrected chi connectivity index (χ1v) is 5.53. The molecule has 5 heteroatoms. The summed E-state index contributed by atoms with van der Waals surface area (Å²) in [6.07, 6.45) is 3.60. The van der Waals surface area contributed by atoms with Crippen molar-refractivity contribution in [2.24, 2.45) is 0 Å². The van der Waals surface area contributed by atoms with Crippen LogP contribution in [0.1, 0.15) is 13.3 Å². The predicted octanol–water partition coefficient (Wildman–Crippen LogP) is 2.19. The maximum absolute atomic E-state index is 11.1. The van der Waals surface area contributed by atoms with Gasteiger partial charge in [0, 0.05) is 12.7 Å². The van der Waals surface area contributed by atoms with Gasteiger partial charge in [0.2, 0.25) is 0 Å². The summed E-state index contributed by atoms with van der Waals surface area (Å²) in [6.45, 7) is 2.70. The molecule has 0 fully saturated rings. The minimum atomic E-state index is -0.209. The van der Waals surface area contributed by atoms with Crippen LogP contribution in [0.15, 0.2) is 29.0 Å². The summed E-state index contributed by atoms with van der Waals surface area (Å²) in [5.41, 5.74) is 0.777. The molecule has 0 spiro atoms. The second-order valence-corrected chi connectivity index (χ2v) is 3.47. The number of fused-ring (bicyclic) bond motifs is 1. The summed E-state index contributed by atoms with van der Waals surface area (Å²) in [6, 6.07) is 3.64. The van der Waals surface area contributed by atoms with E-state index in [0.717, 1.165) is 16.8 Å². The van der Waals surface area contributed by atoms with Gasteiger partial charge in [-0.15, -0.1) is 0 Å². The van der Waals surface area contributed by atoms with Crippen LogP contribution in [0.3, 0.4) is 0 Å². The van der Waals surface area contributed by atoms with E-state index in [1.54, 1.807) is 25.5 Å². The number of furan rings is 1. The Kier molecular flexibility index (Phi) is 3.59. The topological polar surface area (TPSA) is 64.4 Å². The fourth-order valence-corrected chi connectivity index (χ4v) is 1.55. The normalized spacial score (nSPS) is 10.4. The van der Waals surface area contributed by atoms with E-state index in [2.05, 4.69) is 10.3 Å². The quantitative estimate of drug-likeness (QED) is 0.803. The van der Waals surface area contributed by atoms with Gasteiger partial charge in [-0.25, -0.2) is 4.98 Å². The van der Waals surface area contributed by atoms with Crippen molar-refractivity contribution in [3.8, 4) is 0 Å². The van der Waals surface area contributed by atoms with Crippen LogP contribution >= 0.6 is 0 Å². The Hall–Kier alpha value is -2.04. The summed E-state index contributed by atoms with van der Waals surface area (Å²) < 4.78 is 10.1. The highest BCUT2D eigenvalue weighted by molar-refractivity contribution is 5.87. The van der Waals surface area contributed by atoms with E-state index >= 15 is 0 Å². The summed E-state index contributed by atoms with van der Waals surface area (Å²) in [5.74, 6) is 0.514. The lowest BCUT2D eigenvalue weighted by atomic mass is 10.3. The molecule has 2 rings (SSSR count). The maximum Gasteiger partial charge on any atom is 0.307 e. The highest BCUT2D eigenvalue weighted by atomic mass is 16.5. The fourth-order valence-electron chi connectivity index (χ4n) is 1.55. The number of aromatic nitrogens is 1. The molecule has 5 nitrogen and oxygen atoms in total. The number of rotatable bonds is 5. The Morgan fingerprint density at radius 2 is 2.41 bits per heavy atom. The number of carbonyl (C=O) groups excluding carboxylic acids is 1. The first-order chi connectivity index (χ1) is 8.31. The predicted molar refractivity (Wildman–Crippen MR) is 63.7 cm³/mol. The summed E-state index contributed by atoms with van der Waals surface area (Å²) >= 11 is 0. The summed E-state index contributed by atoms with van der Waals surface area (Å²) in [5, 5.41) is 4.00. The number of nitrogens with zero attached hydrogens (tertiary/aromatic N) is 1. The zero-order valence-corrected chi connectivity index (χ0v) is 9.60. The zero-order valence-electron chi connectivity index (χ0n) is 9.60. The highest BCUT2D eigenvalue weighted by Gasteiger charge is 2.05. The molecule has 0 atom stereocenters. The Morgan fingerprint density at radius 3 is 3.24 bits per heavy atom. The molecular formula is C12H14N2O3. The van der Waals surface area contributed by atoms with E-state index in [9.17, 15) is 4.79 Å². The molecule has 2 aromatic heterocycles. The molecule has 0 aliphatic heterocycles. The third-order valence-corrected chi connectivity index (χ3v) is 2.31. The lowest BCUT2D eigenvalue weighted by Gasteiger charge is -2.05. The maximum atomic E-state index is 11.1. The van der Waals surface area contributed by atoms with Crippen LogP contribution in [0, 0.1) is 0 Å². The molecule has 0 aliphatic rings. The lowest BCUT2D eigenvalue weighted by molar-refractivity contribution is -0.142. The molecule has 0 saturated heterocycles. The minimum absolute atomic E-state index is 0.209. The summed E-state index contributed by atoms with van der Waals surface area (Å²) in [4.78, 5) is 15.3. The molecule has 2 aromatic rings. The number of ether oxygens (including phenoxy) is 1.